The number of hydrogen-bond acceptors (Lipinski definition) is 1. The van der Waals surface area contributed by atoms with Gasteiger partial charge in [-0.1, -0.05) is 20.8 Å². The van der Waals surface area contributed by atoms with Gasteiger partial charge in [-0.2, -0.15) is 0 Å². The van der Waals surface area contributed by atoms with Crippen molar-refractivity contribution >= 4 is 23.2 Å². The van der Waals surface area contributed by atoms with Gasteiger partial charge in [0.15, 0.2) is 0 Å². The zero-order chi connectivity index (χ0) is 13.9. The molecule has 3 saturated carbocycles. The van der Waals surface area contributed by atoms with Crippen LogP contribution in [0.1, 0.15) is 59.8 Å². The molecule has 3 aliphatic carbocycles. The predicted molar refractivity (Wildman–Crippen MR) is 78.6 cm³/mol. The molecule has 4 aliphatic rings. The Labute approximate surface area is 126 Å². The maximum atomic E-state index is 6.69. The third kappa shape index (κ3) is 1.26. The molecule has 0 bridgehead atoms. The van der Waals surface area contributed by atoms with Crippen molar-refractivity contribution in [3.8, 4) is 0 Å². The van der Waals surface area contributed by atoms with Crippen molar-refractivity contribution in [1.82, 2.24) is 0 Å². The van der Waals surface area contributed by atoms with Crippen LogP contribution in [-0.2, 0) is 4.74 Å². The van der Waals surface area contributed by atoms with E-state index in [-0.39, 0.29) is 22.0 Å². The van der Waals surface area contributed by atoms with Crippen molar-refractivity contribution in [2.24, 2.45) is 22.7 Å². The molecule has 3 heteroatoms. The molecule has 5 atom stereocenters. The first-order chi connectivity index (χ1) is 8.61. The van der Waals surface area contributed by atoms with Crippen LogP contribution >= 0.6 is 23.2 Å². The lowest BCUT2D eigenvalue weighted by molar-refractivity contribution is 0.0254. The Kier molecular flexibility index (Phi) is 2.19. The summed E-state index contributed by atoms with van der Waals surface area (Å²) in [5, 5.41) is 0. The van der Waals surface area contributed by atoms with Crippen LogP contribution in [0.4, 0.5) is 0 Å². The van der Waals surface area contributed by atoms with Crippen LogP contribution in [0, 0.1) is 22.7 Å². The van der Waals surface area contributed by atoms with Crippen LogP contribution in [0.25, 0.3) is 0 Å². The fourth-order valence-corrected chi connectivity index (χ4v) is 6.90. The lowest BCUT2D eigenvalue weighted by Gasteiger charge is -2.42. The van der Waals surface area contributed by atoms with Crippen molar-refractivity contribution in [2.75, 3.05) is 0 Å². The average Bonchev–Trinajstić information content (AvgIpc) is 3.00. The third-order valence-electron chi connectivity index (χ3n) is 7.18. The first kappa shape index (κ1) is 13.2. The molecule has 1 nitrogen and oxygen atoms in total. The molecule has 0 radical (unpaired) electrons. The standard InChI is InChI=1S/C16H24Cl2O/c1-12(2)6-5-7-14(4)15(19-14)9-8-13(3)11(10(12)15)16(13,17)18/h10-11H,5-9H2,1-4H3/t10-,11+,13-,14-,15+/m1/s1. The largest absolute Gasteiger partial charge is 0.362 e. The van der Waals surface area contributed by atoms with Crippen LogP contribution in [0.5, 0.6) is 0 Å². The van der Waals surface area contributed by atoms with Crippen LogP contribution in [-0.4, -0.2) is 15.5 Å². The topological polar surface area (TPSA) is 12.5 Å². The summed E-state index contributed by atoms with van der Waals surface area (Å²) in [7, 11) is 0. The van der Waals surface area contributed by atoms with Gasteiger partial charge in [0.05, 0.1) is 5.60 Å². The summed E-state index contributed by atoms with van der Waals surface area (Å²) in [4.78, 5) is 0. The quantitative estimate of drug-likeness (QED) is 0.456. The van der Waals surface area contributed by atoms with Gasteiger partial charge in [-0.25, -0.2) is 0 Å². The predicted octanol–water partition coefficient (Wildman–Crippen LogP) is 4.94. The second-order valence-corrected chi connectivity index (χ2v) is 9.95. The minimum absolute atomic E-state index is 0.0721. The highest BCUT2D eigenvalue weighted by molar-refractivity contribution is 6.52. The molecule has 1 heterocycles. The van der Waals surface area contributed by atoms with Crippen molar-refractivity contribution in [3.63, 3.8) is 0 Å². The van der Waals surface area contributed by atoms with Gasteiger partial charge in [0.25, 0.3) is 0 Å². The molecule has 0 aromatic carbocycles. The molecule has 0 aromatic rings. The normalized spacial score (nSPS) is 60.3. The Hall–Kier alpha value is 0.540. The van der Waals surface area contributed by atoms with E-state index in [1.165, 1.54) is 19.3 Å². The van der Waals surface area contributed by atoms with Gasteiger partial charge in [0.1, 0.15) is 9.93 Å². The molecular formula is C16H24Cl2O. The van der Waals surface area contributed by atoms with Crippen LogP contribution in [0.2, 0.25) is 0 Å². The van der Waals surface area contributed by atoms with Crippen LogP contribution in [0.15, 0.2) is 0 Å². The van der Waals surface area contributed by atoms with Gasteiger partial charge in [-0.15, -0.1) is 23.2 Å². The molecule has 0 N–H and O–H groups in total. The zero-order valence-corrected chi connectivity index (χ0v) is 13.9. The SMILES string of the molecule is CC1(C)CCC[C@@]2(C)O[C@]23CC[C@]2(C)[C@H]([C@H]13)C2(Cl)Cl. The van der Waals surface area contributed by atoms with E-state index in [4.69, 9.17) is 27.9 Å². The number of epoxide rings is 1. The third-order valence-corrected chi connectivity index (χ3v) is 8.52. The Bertz CT molecular complexity index is 460. The minimum atomic E-state index is -0.532. The number of alkyl halides is 2. The number of halogens is 2. The van der Waals surface area contributed by atoms with E-state index in [0.717, 1.165) is 12.8 Å². The zero-order valence-electron chi connectivity index (χ0n) is 12.4. The number of fused-ring (bicyclic) bond motifs is 2. The van der Waals surface area contributed by atoms with Gasteiger partial charge < -0.3 is 4.74 Å². The maximum Gasteiger partial charge on any atom is 0.127 e. The van der Waals surface area contributed by atoms with Gasteiger partial charge >= 0.3 is 0 Å². The smallest absolute Gasteiger partial charge is 0.127 e. The van der Waals surface area contributed by atoms with Gasteiger partial charge in [0.2, 0.25) is 0 Å². The average molecular weight is 303 g/mol. The molecule has 1 aliphatic heterocycles. The highest BCUT2D eigenvalue weighted by atomic mass is 35.5. The fraction of sp³-hybridized carbons (Fsp3) is 1.00. The van der Waals surface area contributed by atoms with Gasteiger partial charge in [-0.05, 0) is 44.4 Å². The van der Waals surface area contributed by atoms with Crippen molar-refractivity contribution in [2.45, 2.75) is 75.3 Å². The maximum absolute atomic E-state index is 6.69. The van der Waals surface area contributed by atoms with Crippen LogP contribution < -0.4 is 0 Å². The number of ether oxygens (including phenoxy) is 1. The van der Waals surface area contributed by atoms with Crippen molar-refractivity contribution in [1.29, 1.82) is 0 Å². The van der Waals surface area contributed by atoms with E-state index >= 15 is 0 Å². The van der Waals surface area contributed by atoms with E-state index < -0.39 is 4.33 Å². The second kappa shape index (κ2) is 3.15. The summed E-state index contributed by atoms with van der Waals surface area (Å²) < 4.78 is 5.86. The highest BCUT2D eigenvalue weighted by Gasteiger charge is 2.87. The van der Waals surface area contributed by atoms with E-state index in [1.54, 1.807) is 0 Å². The van der Waals surface area contributed by atoms with E-state index in [1.807, 2.05) is 0 Å². The number of hydrogen-bond donors (Lipinski definition) is 0. The van der Waals surface area contributed by atoms with E-state index in [2.05, 4.69) is 27.7 Å². The molecule has 0 unspecified atom stereocenters. The van der Waals surface area contributed by atoms with Gasteiger partial charge in [-0.3, -0.25) is 0 Å². The highest BCUT2D eigenvalue weighted by Crippen LogP contribution is 2.84. The Morgan fingerprint density at radius 3 is 2.26 bits per heavy atom. The molecule has 108 valence electrons. The van der Waals surface area contributed by atoms with E-state index in [9.17, 15) is 0 Å². The fourth-order valence-electron chi connectivity index (χ4n) is 5.85. The summed E-state index contributed by atoms with van der Waals surface area (Å²) in [6, 6.07) is 0. The summed E-state index contributed by atoms with van der Waals surface area (Å²) in [5.41, 5.74) is 0.564. The molecule has 1 spiro atoms. The van der Waals surface area contributed by atoms with Crippen molar-refractivity contribution in [3.05, 3.63) is 0 Å². The lowest BCUT2D eigenvalue weighted by Crippen LogP contribution is -2.44. The summed E-state index contributed by atoms with van der Waals surface area (Å²) in [5.74, 6) is 0.924. The molecule has 4 fully saturated rings. The first-order valence-corrected chi connectivity index (χ1v) is 8.44. The van der Waals surface area contributed by atoms with Crippen LogP contribution in [0.3, 0.4) is 0 Å². The second-order valence-electron chi connectivity index (χ2n) is 8.56. The van der Waals surface area contributed by atoms with Crippen molar-refractivity contribution < 1.29 is 4.74 Å². The summed E-state index contributed by atoms with van der Waals surface area (Å²) >= 11 is 13.4. The van der Waals surface area contributed by atoms with E-state index in [0.29, 0.717) is 11.8 Å². The minimum Gasteiger partial charge on any atom is -0.362 e. The Morgan fingerprint density at radius 1 is 0.895 bits per heavy atom. The monoisotopic (exact) mass is 302 g/mol. The molecule has 0 aromatic heterocycles. The van der Waals surface area contributed by atoms with Gasteiger partial charge in [0, 0.05) is 17.3 Å². The molecule has 1 saturated heterocycles. The lowest BCUT2D eigenvalue weighted by atomic mass is 9.60. The molecule has 19 heavy (non-hydrogen) atoms. The molecule has 0 amide bonds. The first-order valence-electron chi connectivity index (χ1n) is 7.69. The Balaban J connectivity index is 1.83. The number of rotatable bonds is 0. The molecule has 4 rings (SSSR count). The summed E-state index contributed by atoms with van der Waals surface area (Å²) in [6.07, 6.45) is 6.00. The summed E-state index contributed by atoms with van der Waals surface area (Å²) in [6.45, 7) is 9.41. The molecular weight excluding hydrogens is 279 g/mol. The Morgan fingerprint density at radius 2 is 1.58 bits per heavy atom.